The number of hydrogen-bond donors (Lipinski definition) is 2. The fraction of sp³-hybridized carbons (Fsp3) is 0. The van der Waals surface area contributed by atoms with Gasteiger partial charge in [-0.25, -0.2) is 12.8 Å². The quantitative estimate of drug-likeness (QED) is 0.738. The third-order valence-electron chi connectivity index (χ3n) is 2.44. The van der Waals surface area contributed by atoms with E-state index in [-0.39, 0.29) is 16.3 Å². The van der Waals surface area contributed by atoms with Crippen LogP contribution in [0.4, 0.5) is 15.8 Å². The minimum absolute atomic E-state index is 0.0448. The smallest absolute Gasteiger partial charge is 0.263 e. The van der Waals surface area contributed by atoms with Crippen molar-refractivity contribution >= 4 is 53.3 Å². The summed E-state index contributed by atoms with van der Waals surface area (Å²) in [5, 5.41) is 0. The first kappa shape index (κ1) is 15.3. The molecule has 0 unspecified atom stereocenters. The molecule has 0 aliphatic heterocycles. The summed E-state index contributed by atoms with van der Waals surface area (Å²) in [6.07, 6.45) is 0. The molecule has 0 heterocycles. The molecule has 106 valence electrons. The van der Waals surface area contributed by atoms with Gasteiger partial charge in [0.25, 0.3) is 10.0 Å². The molecule has 0 aliphatic rings. The standard InChI is InChI=1S/C12H9Br2FN2O2S/c13-7-1-3-9(14)12(5-7)20(18,19)17-8-2-4-11(16)10(15)6-8/h1-6,17H,16H2. The van der Waals surface area contributed by atoms with Crippen LogP contribution in [-0.2, 0) is 10.0 Å². The fourth-order valence-electron chi connectivity index (χ4n) is 1.48. The molecule has 0 amide bonds. The van der Waals surface area contributed by atoms with E-state index in [2.05, 4.69) is 36.6 Å². The van der Waals surface area contributed by atoms with E-state index in [1.54, 1.807) is 12.1 Å². The van der Waals surface area contributed by atoms with Crippen molar-refractivity contribution in [3.63, 3.8) is 0 Å². The normalized spacial score (nSPS) is 11.3. The van der Waals surface area contributed by atoms with Gasteiger partial charge >= 0.3 is 0 Å². The molecule has 20 heavy (non-hydrogen) atoms. The Hall–Kier alpha value is -1.12. The van der Waals surface area contributed by atoms with Crippen LogP contribution in [0, 0.1) is 5.82 Å². The second-order valence-electron chi connectivity index (χ2n) is 3.92. The maximum Gasteiger partial charge on any atom is 0.263 e. The van der Waals surface area contributed by atoms with Crippen molar-refractivity contribution in [1.82, 2.24) is 0 Å². The van der Waals surface area contributed by atoms with Crippen LogP contribution in [-0.4, -0.2) is 8.42 Å². The van der Waals surface area contributed by atoms with Gasteiger partial charge in [0.1, 0.15) is 10.7 Å². The summed E-state index contributed by atoms with van der Waals surface area (Å²) in [6.45, 7) is 0. The molecule has 0 saturated carbocycles. The van der Waals surface area contributed by atoms with Crippen LogP contribution in [0.15, 0.2) is 50.2 Å². The van der Waals surface area contributed by atoms with E-state index in [0.717, 1.165) is 6.07 Å². The molecular formula is C12H9Br2FN2O2S. The maximum atomic E-state index is 13.3. The molecule has 0 aromatic heterocycles. The van der Waals surface area contributed by atoms with Gasteiger partial charge in [-0.15, -0.1) is 0 Å². The first-order valence-electron chi connectivity index (χ1n) is 5.32. The van der Waals surface area contributed by atoms with Gasteiger partial charge in [0.2, 0.25) is 0 Å². The van der Waals surface area contributed by atoms with Gasteiger partial charge in [-0.3, -0.25) is 4.72 Å². The summed E-state index contributed by atoms with van der Waals surface area (Å²) in [7, 11) is -3.83. The Kier molecular flexibility index (Phi) is 4.36. The maximum absolute atomic E-state index is 13.3. The van der Waals surface area contributed by atoms with Crippen molar-refractivity contribution in [3.8, 4) is 0 Å². The number of halogens is 3. The fourth-order valence-corrected chi connectivity index (χ4v) is 4.04. The molecule has 0 fully saturated rings. The Morgan fingerprint density at radius 3 is 2.45 bits per heavy atom. The van der Waals surface area contributed by atoms with Crippen LogP contribution in [0.5, 0.6) is 0 Å². The molecule has 0 radical (unpaired) electrons. The molecule has 0 atom stereocenters. The van der Waals surface area contributed by atoms with Crippen molar-refractivity contribution in [2.24, 2.45) is 0 Å². The first-order chi connectivity index (χ1) is 9.29. The predicted molar refractivity (Wildman–Crippen MR) is 83.5 cm³/mol. The molecule has 4 nitrogen and oxygen atoms in total. The van der Waals surface area contributed by atoms with E-state index in [0.29, 0.717) is 8.95 Å². The molecule has 2 aromatic carbocycles. The number of benzene rings is 2. The van der Waals surface area contributed by atoms with Crippen molar-refractivity contribution in [1.29, 1.82) is 0 Å². The van der Waals surface area contributed by atoms with Crippen molar-refractivity contribution < 1.29 is 12.8 Å². The Labute approximate surface area is 132 Å². The zero-order valence-electron chi connectivity index (χ0n) is 9.90. The minimum Gasteiger partial charge on any atom is -0.396 e. The lowest BCUT2D eigenvalue weighted by Crippen LogP contribution is -2.14. The summed E-state index contributed by atoms with van der Waals surface area (Å²) in [4.78, 5) is 0.0455. The lowest BCUT2D eigenvalue weighted by Gasteiger charge is -2.10. The predicted octanol–water partition coefficient (Wildman–Crippen LogP) is 3.73. The largest absolute Gasteiger partial charge is 0.396 e. The molecule has 0 aliphatic carbocycles. The van der Waals surface area contributed by atoms with Gasteiger partial charge in [0, 0.05) is 15.0 Å². The van der Waals surface area contributed by atoms with E-state index < -0.39 is 15.8 Å². The van der Waals surface area contributed by atoms with Gasteiger partial charge in [-0.05, 0) is 46.3 Å². The number of nitrogens with one attached hydrogen (secondary N) is 1. The average molecular weight is 424 g/mol. The minimum atomic E-state index is -3.83. The highest BCUT2D eigenvalue weighted by atomic mass is 79.9. The highest BCUT2D eigenvalue weighted by molar-refractivity contribution is 9.11. The number of rotatable bonds is 3. The van der Waals surface area contributed by atoms with Crippen molar-refractivity contribution in [3.05, 3.63) is 51.2 Å². The van der Waals surface area contributed by atoms with E-state index in [1.807, 2.05) is 0 Å². The summed E-state index contributed by atoms with van der Waals surface area (Å²) >= 11 is 6.38. The summed E-state index contributed by atoms with van der Waals surface area (Å²) in [5.41, 5.74) is 5.40. The Morgan fingerprint density at radius 1 is 1.10 bits per heavy atom. The lowest BCUT2D eigenvalue weighted by molar-refractivity contribution is 0.600. The van der Waals surface area contributed by atoms with Crippen molar-refractivity contribution in [2.75, 3.05) is 10.5 Å². The second kappa shape index (κ2) is 5.71. The number of hydrogen-bond acceptors (Lipinski definition) is 3. The van der Waals surface area contributed by atoms with E-state index >= 15 is 0 Å². The third kappa shape index (κ3) is 3.31. The van der Waals surface area contributed by atoms with Crippen LogP contribution in [0.25, 0.3) is 0 Å². The van der Waals surface area contributed by atoms with Crippen LogP contribution in [0.2, 0.25) is 0 Å². The number of anilines is 2. The van der Waals surface area contributed by atoms with E-state index in [4.69, 9.17) is 5.73 Å². The Balaban J connectivity index is 2.40. The molecule has 0 bridgehead atoms. The number of sulfonamides is 1. The number of nitrogen functional groups attached to an aromatic ring is 1. The Morgan fingerprint density at radius 2 is 1.80 bits per heavy atom. The van der Waals surface area contributed by atoms with Gasteiger partial charge in [-0.2, -0.15) is 0 Å². The average Bonchev–Trinajstić information content (AvgIpc) is 2.36. The van der Waals surface area contributed by atoms with E-state index in [1.165, 1.54) is 18.2 Å². The van der Waals surface area contributed by atoms with Crippen LogP contribution >= 0.6 is 31.9 Å². The zero-order valence-corrected chi connectivity index (χ0v) is 13.9. The van der Waals surface area contributed by atoms with Gasteiger partial charge < -0.3 is 5.73 Å². The number of nitrogens with two attached hydrogens (primary N) is 1. The zero-order chi connectivity index (χ0) is 14.9. The summed E-state index contributed by atoms with van der Waals surface area (Å²) < 4.78 is 41.2. The molecule has 0 spiro atoms. The summed E-state index contributed by atoms with van der Waals surface area (Å²) in [5.74, 6) is -0.682. The first-order valence-corrected chi connectivity index (χ1v) is 8.39. The molecule has 3 N–H and O–H groups in total. The van der Waals surface area contributed by atoms with Crippen LogP contribution in [0.1, 0.15) is 0 Å². The molecule has 2 rings (SSSR count). The van der Waals surface area contributed by atoms with Gasteiger partial charge in [0.15, 0.2) is 0 Å². The van der Waals surface area contributed by atoms with Crippen LogP contribution in [0.3, 0.4) is 0 Å². The second-order valence-corrected chi connectivity index (χ2v) is 7.34. The topological polar surface area (TPSA) is 72.2 Å². The van der Waals surface area contributed by atoms with Crippen LogP contribution < -0.4 is 10.5 Å². The monoisotopic (exact) mass is 422 g/mol. The third-order valence-corrected chi connectivity index (χ3v) is 5.30. The highest BCUT2D eigenvalue weighted by Gasteiger charge is 2.18. The molecular weight excluding hydrogens is 415 g/mol. The lowest BCUT2D eigenvalue weighted by atomic mass is 10.3. The Bertz CT molecular complexity index is 766. The molecule has 2 aromatic rings. The SMILES string of the molecule is Nc1ccc(NS(=O)(=O)c2cc(Br)ccc2Br)cc1F. The van der Waals surface area contributed by atoms with E-state index in [9.17, 15) is 12.8 Å². The van der Waals surface area contributed by atoms with Gasteiger partial charge in [-0.1, -0.05) is 15.9 Å². The van der Waals surface area contributed by atoms with Gasteiger partial charge in [0.05, 0.1) is 11.4 Å². The highest BCUT2D eigenvalue weighted by Crippen LogP contribution is 2.28. The van der Waals surface area contributed by atoms with Crippen molar-refractivity contribution in [2.45, 2.75) is 4.90 Å². The summed E-state index contributed by atoms with van der Waals surface area (Å²) in [6, 6.07) is 8.46. The molecule has 0 saturated heterocycles. The molecule has 8 heteroatoms.